The van der Waals surface area contributed by atoms with Crippen molar-refractivity contribution in [3.8, 4) is 11.3 Å². The van der Waals surface area contributed by atoms with E-state index in [9.17, 15) is 9.59 Å². The van der Waals surface area contributed by atoms with Crippen LogP contribution in [0.5, 0.6) is 0 Å². The van der Waals surface area contributed by atoms with Gasteiger partial charge in [0.1, 0.15) is 17.3 Å². The predicted molar refractivity (Wildman–Crippen MR) is 121 cm³/mol. The number of amides is 2. The maximum Gasteiger partial charge on any atom is 0.409 e. The summed E-state index contributed by atoms with van der Waals surface area (Å²) < 4.78 is 42.8. The van der Waals surface area contributed by atoms with Crippen molar-refractivity contribution >= 4 is 17.6 Å². The van der Waals surface area contributed by atoms with Crippen LogP contribution in [0.15, 0.2) is 30.5 Å². The quantitative estimate of drug-likeness (QED) is 0.616. The Morgan fingerprint density at radius 2 is 2.00 bits per heavy atom. The second kappa shape index (κ2) is 9.76. The first kappa shape index (κ1) is 23.6. The van der Waals surface area contributed by atoms with Gasteiger partial charge in [-0.15, -0.1) is 0 Å². The van der Waals surface area contributed by atoms with Gasteiger partial charge in [0.05, 0.1) is 43.3 Å². The lowest BCUT2D eigenvalue weighted by Gasteiger charge is -2.32. The first-order chi connectivity index (χ1) is 16.3. The fraction of sp³-hybridized carbons (Fsp3) is 0.375. The molecule has 10 heteroatoms. The van der Waals surface area contributed by atoms with Crippen LogP contribution >= 0.6 is 0 Å². The van der Waals surface area contributed by atoms with Gasteiger partial charge < -0.3 is 24.1 Å². The molecule has 0 bridgehead atoms. The normalized spacial score (nSPS) is 16.0. The average molecular weight is 472 g/mol. The van der Waals surface area contributed by atoms with E-state index in [4.69, 9.17) is 9.47 Å². The van der Waals surface area contributed by atoms with E-state index >= 15 is 8.78 Å². The van der Waals surface area contributed by atoms with Gasteiger partial charge in [0.15, 0.2) is 0 Å². The van der Waals surface area contributed by atoms with Gasteiger partial charge in [0.2, 0.25) is 0 Å². The van der Waals surface area contributed by atoms with Crippen LogP contribution < -0.4 is 5.32 Å². The van der Waals surface area contributed by atoms with Crippen molar-refractivity contribution in [2.75, 3.05) is 33.4 Å². The second-order valence-electron chi connectivity index (χ2n) is 8.13. The van der Waals surface area contributed by atoms with E-state index in [1.807, 2.05) is 19.1 Å². The third-order valence-corrected chi connectivity index (χ3v) is 5.75. The molecular weight excluding hydrogens is 446 g/mol. The van der Waals surface area contributed by atoms with E-state index in [0.29, 0.717) is 31.0 Å². The van der Waals surface area contributed by atoms with Crippen molar-refractivity contribution in [1.29, 1.82) is 0 Å². The first-order valence-electron chi connectivity index (χ1n) is 11.0. The fourth-order valence-electron chi connectivity index (χ4n) is 4.14. The molecule has 0 saturated carbocycles. The van der Waals surface area contributed by atoms with Crippen LogP contribution in [-0.4, -0.2) is 65.7 Å². The number of fused-ring (bicyclic) bond motifs is 1. The summed E-state index contributed by atoms with van der Waals surface area (Å²) in [5.74, 6) is -2.33. The SMILES string of the molecule is CCNC(=O)c1cc(F)c(-c2nc3cc(C)ccn3c2C[C@@H]2CN(C(=O)OC)CCO2)c(F)c1. The molecule has 1 aliphatic rings. The molecule has 1 fully saturated rings. The Labute approximate surface area is 195 Å². The number of carbonyl (C=O) groups excluding carboxylic acids is 2. The van der Waals surface area contributed by atoms with Gasteiger partial charge in [-0.2, -0.15) is 0 Å². The zero-order valence-electron chi connectivity index (χ0n) is 19.2. The summed E-state index contributed by atoms with van der Waals surface area (Å²) in [5.41, 5.74) is 1.71. The Morgan fingerprint density at radius 3 is 2.68 bits per heavy atom. The number of methoxy groups -OCH3 is 1. The Balaban J connectivity index is 1.77. The van der Waals surface area contributed by atoms with Gasteiger partial charge in [0.25, 0.3) is 5.91 Å². The number of aryl methyl sites for hydroxylation is 1. The number of rotatable bonds is 5. The van der Waals surface area contributed by atoms with Crippen LogP contribution in [0.1, 0.15) is 28.5 Å². The van der Waals surface area contributed by atoms with Crippen molar-refractivity contribution in [2.24, 2.45) is 0 Å². The Hall–Kier alpha value is -3.53. The zero-order chi connectivity index (χ0) is 24.4. The number of ether oxygens (including phenoxy) is 2. The van der Waals surface area contributed by atoms with Gasteiger partial charge in [-0.3, -0.25) is 4.79 Å². The van der Waals surface area contributed by atoms with Crippen LogP contribution in [0.4, 0.5) is 13.6 Å². The lowest BCUT2D eigenvalue weighted by Crippen LogP contribution is -2.46. The molecule has 2 amide bonds. The van der Waals surface area contributed by atoms with Gasteiger partial charge in [-0.1, -0.05) is 0 Å². The minimum atomic E-state index is -0.886. The molecule has 1 atom stereocenters. The van der Waals surface area contributed by atoms with Gasteiger partial charge in [-0.05, 0) is 43.7 Å². The molecule has 0 spiro atoms. The van der Waals surface area contributed by atoms with E-state index in [1.54, 1.807) is 17.5 Å². The fourth-order valence-corrected chi connectivity index (χ4v) is 4.14. The summed E-state index contributed by atoms with van der Waals surface area (Å²) >= 11 is 0. The van der Waals surface area contributed by atoms with Gasteiger partial charge in [0, 0.05) is 31.3 Å². The number of hydrogen-bond acceptors (Lipinski definition) is 5. The number of hydrogen-bond donors (Lipinski definition) is 1. The molecule has 0 unspecified atom stereocenters. The number of morpholine rings is 1. The Bertz CT molecular complexity index is 1220. The third-order valence-electron chi connectivity index (χ3n) is 5.75. The summed E-state index contributed by atoms with van der Waals surface area (Å²) in [4.78, 5) is 30.1. The molecule has 2 aromatic heterocycles. The number of benzene rings is 1. The topological polar surface area (TPSA) is 85.2 Å². The van der Waals surface area contributed by atoms with E-state index in [0.717, 1.165) is 17.7 Å². The maximum absolute atomic E-state index is 15.2. The number of imidazole rings is 1. The van der Waals surface area contributed by atoms with E-state index in [2.05, 4.69) is 10.3 Å². The van der Waals surface area contributed by atoms with Crippen LogP contribution in [0.3, 0.4) is 0 Å². The molecule has 0 radical (unpaired) electrons. The third kappa shape index (κ3) is 4.58. The molecule has 1 aromatic carbocycles. The van der Waals surface area contributed by atoms with Crippen LogP contribution in [0.2, 0.25) is 0 Å². The minimum Gasteiger partial charge on any atom is -0.453 e. The van der Waals surface area contributed by atoms with Crippen LogP contribution in [-0.2, 0) is 15.9 Å². The highest BCUT2D eigenvalue weighted by Gasteiger charge is 2.29. The summed E-state index contributed by atoms with van der Waals surface area (Å²) in [7, 11) is 1.31. The van der Waals surface area contributed by atoms with Crippen LogP contribution in [0.25, 0.3) is 16.9 Å². The van der Waals surface area contributed by atoms with Gasteiger partial charge in [-0.25, -0.2) is 18.6 Å². The second-order valence-corrected chi connectivity index (χ2v) is 8.13. The molecule has 3 aromatic rings. The Kier molecular flexibility index (Phi) is 6.78. The zero-order valence-corrected chi connectivity index (χ0v) is 19.2. The van der Waals surface area contributed by atoms with Crippen molar-refractivity contribution in [1.82, 2.24) is 19.6 Å². The summed E-state index contributed by atoms with van der Waals surface area (Å²) in [6.45, 7) is 4.94. The number of halogens is 2. The number of aromatic nitrogens is 2. The highest BCUT2D eigenvalue weighted by atomic mass is 19.1. The molecule has 3 heterocycles. The molecule has 4 rings (SSSR count). The van der Waals surface area contributed by atoms with E-state index in [-0.39, 0.29) is 29.8 Å². The predicted octanol–water partition coefficient (Wildman–Crippen LogP) is 3.35. The molecular formula is C24H26F2N4O4. The lowest BCUT2D eigenvalue weighted by molar-refractivity contribution is -0.0241. The standard InChI is InChI=1S/C24H26F2N4O4/c1-4-27-23(31)15-10-17(25)21(18(26)11-15)22-19(30-6-5-14(2)9-20(30)28-22)12-16-13-29(7-8-34-16)24(32)33-3/h5-6,9-11,16H,4,7-8,12-13H2,1-3H3,(H,27,31)/t16-/m1/s1. The molecule has 1 saturated heterocycles. The molecule has 180 valence electrons. The molecule has 1 N–H and O–H groups in total. The number of carbonyl (C=O) groups is 2. The minimum absolute atomic E-state index is 0.105. The molecule has 0 aliphatic carbocycles. The van der Waals surface area contributed by atoms with Crippen LogP contribution in [0, 0.1) is 18.6 Å². The average Bonchev–Trinajstić information content (AvgIpc) is 3.15. The largest absolute Gasteiger partial charge is 0.453 e. The molecule has 1 aliphatic heterocycles. The van der Waals surface area contributed by atoms with Crippen molar-refractivity contribution < 1.29 is 27.8 Å². The van der Waals surface area contributed by atoms with E-state index in [1.165, 1.54) is 12.0 Å². The molecule has 34 heavy (non-hydrogen) atoms. The first-order valence-corrected chi connectivity index (χ1v) is 11.0. The maximum atomic E-state index is 15.2. The highest BCUT2D eigenvalue weighted by molar-refractivity contribution is 5.94. The summed E-state index contributed by atoms with van der Waals surface area (Å²) in [6.07, 6.45) is 1.16. The van der Waals surface area contributed by atoms with E-state index < -0.39 is 29.7 Å². The molecule has 8 nitrogen and oxygen atoms in total. The number of nitrogens with zero attached hydrogens (tertiary/aromatic N) is 3. The number of pyridine rings is 1. The highest BCUT2D eigenvalue weighted by Crippen LogP contribution is 2.32. The van der Waals surface area contributed by atoms with Crippen molar-refractivity contribution in [3.05, 3.63) is 58.9 Å². The summed E-state index contributed by atoms with van der Waals surface area (Å²) in [6, 6.07) is 5.71. The number of nitrogens with one attached hydrogen (secondary N) is 1. The smallest absolute Gasteiger partial charge is 0.409 e. The summed E-state index contributed by atoms with van der Waals surface area (Å²) in [5, 5.41) is 2.54. The van der Waals surface area contributed by atoms with Crippen molar-refractivity contribution in [2.45, 2.75) is 26.4 Å². The van der Waals surface area contributed by atoms with Crippen molar-refractivity contribution in [3.63, 3.8) is 0 Å². The lowest BCUT2D eigenvalue weighted by atomic mass is 10.0. The Morgan fingerprint density at radius 1 is 1.26 bits per heavy atom. The monoisotopic (exact) mass is 472 g/mol. The van der Waals surface area contributed by atoms with Gasteiger partial charge >= 0.3 is 6.09 Å².